The first-order valence-corrected chi connectivity index (χ1v) is 7.15. The average Bonchev–Trinajstić information content (AvgIpc) is 2.88. The zero-order valence-corrected chi connectivity index (χ0v) is 11.7. The summed E-state index contributed by atoms with van der Waals surface area (Å²) >= 11 is 5.79. The molecule has 0 saturated carbocycles. The summed E-state index contributed by atoms with van der Waals surface area (Å²) in [6, 6.07) is 4.35. The van der Waals surface area contributed by atoms with Gasteiger partial charge in [-0.15, -0.1) is 10.2 Å². The molecule has 100 valence electrons. The van der Waals surface area contributed by atoms with Gasteiger partial charge in [-0.25, -0.2) is 0 Å². The Morgan fingerprint density at radius 2 is 2.33 bits per heavy atom. The topological polar surface area (TPSA) is 41.0 Å². The number of rotatable bonds is 6. The molecule has 0 aromatic carbocycles. The molecule has 5 heteroatoms. The number of hydrogen-bond donors (Lipinski definition) is 1. The van der Waals surface area contributed by atoms with Crippen molar-refractivity contribution in [3.05, 3.63) is 17.3 Å². The van der Waals surface area contributed by atoms with Crippen LogP contribution in [0.5, 0.6) is 0 Å². The maximum Gasteiger partial charge on any atom is 0.151 e. The second-order valence-electron chi connectivity index (χ2n) is 4.81. The second kappa shape index (κ2) is 6.90. The van der Waals surface area contributed by atoms with E-state index in [-0.39, 0.29) is 0 Å². The molecule has 18 heavy (non-hydrogen) atoms. The van der Waals surface area contributed by atoms with Crippen LogP contribution in [0.1, 0.15) is 32.6 Å². The highest BCUT2D eigenvalue weighted by atomic mass is 35.5. The molecule has 4 nitrogen and oxygen atoms in total. The van der Waals surface area contributed by atoms with Gasteiger partial charge < -0.3 is 10.2 Å². The maximum absolute atomic E-state index is 5.79. The van der Waals surface area contributed by atoms with Gasteiger partial charge in [-0.3, -0.25) is 0 Å². The van der Waals surface area contributed by atoms with E-state index >= 15 is 0 Å². The Balaban J connectivity index is 2.00. The quantitative estimate of drug-likeness (QED) is 0.861. The van der Waals surface area contributed by atoms with Gasteiger partial charge >= 0.3 is 0 Å². The first kappa shape index (κ1) is 13.6. The fraction of sp³-hybridized carbons (Fsp3) is 0.692. The summed E-state index contributed by atoms with van der Waals surface area (Å²) in [7, 11) is 0. The van der Waals surface area contributed by atoms with E-state index in [0.29, 0.717) is 11.2 Å². The van der Waals surface area contributed by atoms with Crippen LogP contribution < -0.4 is 10.2 Å². The van der Waals surface area contributed by atoms with Crippen LogP contribution in [0, 0.1) is 0 Å². The van der Waals surface area contributed by atoms with Gasteiger partial charge in [-0.2, -0.15) is 0 Å². The predicted molar refractivity (Wildman–Crippen MR) is 75.2 cm³/mol. The average molecular weight is 269 g/mol. The number of halogens is 1. The molecule has 2 heterocycles. The lowest BCUT2D eigenvalue weighted by atomic mass is 10.2. The zero-order valence-electron chi connectivity index (χ0n) is 10.9. The van der Waals surface area contributed by atoms with E-state index in [1.54, 1.807) is 0 Å². The first-order chi connectivity index (χ1) is 8.79. The SMILES string of the molecule is CCCCN(CC1CCCN1)c1ccc(Cl)nn1. The van der Waals surface area contributed by atoms with Crippen molar-refractivity contribution >= 4 is 17.4 Å². The van der Waals surface area contributed by atoms with Crippen molar-refractivity contribution in [2.24, 2.45) is 0 Å². The molecule has 1 N–H and O–H groups in total. The molecular weight excluding hydrogens is 248 g/mol. The summed E-state index contributed by atoms with van der Waals surface area (Å²) in [6.07, 6.45) is 4.90. The van der Waals surface area contributed by atoms with Crippen LogP contribution in [0.15, 0.2) is 12.1 Å². The van der Waals surface area contributed by atoms with Crippen LogP contribution in [0.3, 0.4) is 0 Å². The lowest BCUT2D eigenvalue weighted by Gasteiger charge is -2.26. The highest BCUT2D eigenvalue weighted by Gasteiger charge is 2.18. The molecular formula is C13H21ClN4. The molecule has 0 spiro atoms. The number of aromatic nitrogens is 2. The molecule has 1 fully saturated rings. The minimum atomic E-state index is 0.452. The summed E-state index contributed by atoms with van der Waals surface area (Å²) in [4.78, 5) is 2.32. The van der Waals surface area contributed by atoms with Gasteiger partial charge in [-0.05, 0) is 37.9 Å². The van der Waals surface area contributed by atoms with E-state index in [4.69, 9.17) is 11.6 Å². The fourth-order valence-corrected chi connectivity index (χ4v) is 2.41. The summed E-state index contributed by atoms with van der Waals surface area (Å²) in [5, 5.41) is 12.1. The van der Waals surface area contributed by atoms with Crippen molar-refractivity contribution in [1.82, 2.24) is 15.5 Å². The normalized spacial score (nSPS) is 19.1. The van der Waals surface area contributed by atoms with Crippen LogP contribution in [0.4, 0.5) is 5.82 Å². The van der Waals surface area contributed by atoms with Crippen molar-refractivity contribution in [3.63, 3.8) is 0 Å². The Hall–Kier alpha value is -0.870. The third-order valence-electron chi connectivity index (χ3n) is 3.33. The number of hydrogen-bond acceptors (Lipinski definition) is 4. The van der Waals surface area contributed by atoms with Crippen molar-refractivity contribution < 1.29 is 0 Å². The van der Waals surface area contributed by atoms with Gasteiger partial charge in [0, 0.05) is 19.1 Å². The molecule has 2 rings (SSSR count). The zero-order chi connectivity index (χ0) is 12.8. The van der Waals surface area contributed by atoms with Crippen LogP contribution in [0.2, 0.25) is 5.15 Å². The minimum absolute atomic E-state index is 0.452. The van der Waals surface area contributed by atoms with E-state index < -0.39 is 0 Å². The summed E-state index contributed by atoms with van der Waals surface area (Å²) in [6.45, 7) is 5.39. The summed E-state index contributed by atoms with van der Waals surface area (Å²) in [5.41, 5.74) is 0. The van der Waals surface area contributed by atoms with Crippen molar-refractivity contribution in [2.75, 3.05) is 24.5 Å². The van der Waals surface area contributed by atoms with E-state index in [0.717, 1.165) is 25.5 Å². The molecule has 1 aliphatic rings. The first-order valence-electron chi connectivity index (χ1n) is 6.77. The van der Waals surface area contributed by atoms with Crippen molar-refractivity contribution in [1.29, 1.82) is 0 Å². The number of anilines is 1. The van der Waals surface area contributed by atoms with E-state index in [1.165, 1.54) is 25.7 Å². The van der Waals surface area contributed by atoms with Crippen LogP contribution in [-0.4, -0.2) is 35.9 Å². The second-order valence-corrected chi connectivity index (χ2v) is 5.19. The molecule has 0 radical (unpaired) electrons. The predicted octanol–water partition coefficient (Wildman–Crippen LogP) is 2.49. The molecule has 1 aliphatic heterocycles. The third-order valence-corrected chi connectivity index (χ3v) is 3.53. The standard InChI is InChI=1S/C13H21ClN4/c1-2-3-9-18(10-11-5-4-8-15-11)13-7-6-12(14)16-17-13/h6-7,11,15H,2-5,8-10H2,1H3. The Bertz CT molecular complexity index is 349. The summed E-state index contributed by atoms with van der Waals surface area (Å²) < 4.78 is 0. The Labute approximate surface area is 114 Å². The smallest absolute Gasteiger partial charge is 0.151 e. The van der Waals surface area contributed by atoms with Gasteiger partial charge in [0.1, 0.15) is 0 Å². The molecule has 0 amide bonds. The lowest BCUT2D eigenvalue weighted by molar-refractivity contribution is 0.567. The van der Waals surface area contributed by atoms with Gasteiger partial charge in [0.15, 0.2) is 11.0 Å². The van der Waals surface area contributed by atoms with E-state index in [9.17, 15) is 0 Å². The number of nitrogens with zero attached hydrogens (tertiary/aromatic N) is 3. The van der Waals surface area contributed by atoms with Crippen LogP contribution >= 0.6 is 11.6 Å². The maximum atomic E-state index is 5.79. The lowest BCUT2D eigenvalue weighted by Crippen LogP contribution is -2.38. The van der Waals surface area contributed by atoms with Crippen LogP contribution in [0.25, 0.3) is 0 Å². The number of nitrogens with one attached hydrogen (secondary N) is 1. The molecule has 1 saturated heterocycles. The van der Waals surface area contributed by atoms with Gasteiger partial charge in [0.2, 0.25) is 0 Å². The van der Waals surface area contributed by atoms with Crippen molar-refractivity contribution in [2.45, 2.75) is 38.6 Å². The summed E-state index contributed by atoms with van der Waals surface area (Å²) in [5.74, 6) is 0.932. The Kier molecular flexibility index (Phi) is 5.20. The molecule has 1 unspecified atom stereocenters. The molecule has 1 atom stereocenters. The molecule has 0 bridgehead atoms. The number of unbranched alkanes of at least 4 members (excludes halogenated alkanes) is 1. The monoisotopic (exact) mass is 268 g/mol. The van der Waals surface area contributed by atoms with E-state index in [2.05, 4.69) is 27.3 Å². The third kappa shape index (κ3) is 3.82. The van der Waals surface area contributed by atoms with Gasteiger partial charge in [0.05, 0.1) is 0 Å². The van der Waals surface area contributed by atoms with Crippen molar-refractivity contribution in [3.8, 4) is 0 Å². The fourth-order valence-electron chi connectivity index (χ4n) is 2.30. The molecule has 0 aliphatic carbocycles. The highest BCUT2D eigenvalue weighted by Crippen LogP contribution is 2.15. The molecule has 1 aromatic heterocycles. The van der Waals surface area contributed by atoms with Gasteiger partial charge in [0.25, 0.3) is 0 Å². The molecule has 1 aromatic rings. The minimum Gasteiger partial charge on any atom is -0.354 e. The van der Waals surface area contributed by atoms with E-state index in [1.807, 2.05) is 12.1 Å². The largest absolute Gasteiger partial charge is 0.354 e. The Morgan fingerprint density at radius 3 is 2.94 bits per heavy atom. The van der Waals surface area contributed by atoms with Gasteiger partial charge in [-0.1, -0.05) is 24.9 Å². The highest BCUT2D eigenvalue weighted by molar-refractivity contribution is 6.29. The Morgan fingerprint density at radius 1 is 1.44 bits per heavy atom. The van der Waals surface area contributed by atoms with Crippen LogP contribution in [-0.2, 0) is 0 Å².